The van der Waals surface area contributed by atoms with Crippen molar-refractivity contribution in [2.24, 2.45) is 5.92 Å². The van der Waals surface area contributed by atoms with Crippen LogP contribution in [0, 0.1) is 5.92 Å². The Hall–Kier alpha value is -2.14. The molecule has 0 saturated carbocycles. The van der Waals surface area contributed by atoms with Gasteiger partial charge in [-0.25, -0.2) is 8.78 Å². The summed E-state index contributed by atoms with van der Waals surface area (Å²) in [6.45, 7) is 15.0. The Morgan fingerprint density at radius 3 is 2.17 bits per heavy atom. The van der Waals surface area contributed by atoms with E-state index < -0.39 is 11.7 Å². The second-order valence-electron chi connectivity index (χ2n) is 6.90. The van der Waals surface area contributed by atoms with Gasteiger partial charge in [0.1, 0.15) is 18.1 Å². The molecule has 0 heterocycles. The first-order valence-corrected chi connectivity index (χ1v) is 10.5. The average Bonchev–Trinajstić information content (AvgIpc) is 2.79. The van der Waals surface area contributed by atoms with Crippen molar-refractivity contribution in [1.82, 2.24) is 0 Å². The highest BCUT2D eigenvalue weighted by Crippen LogP contribution is 2.26. The van der Waals surface area contributed by atoms with Crippen LogP contribution in [0.1, 0.15) is 53.5 Å². The van der Waals surface area contributed by atoms with E-state index in [1.54, 1.807) is 13.8 Å². The summed E-state index contributed by atoms with van der Waals surface area (Å²) in [5.74, 6) is -1.45. The molecule has 0 radical (unpaired) electrons. The summed E-state index contributed by atoms with van der Waals surface area (Å²) >= 11 is 0. The molecule has 0 bridgehead atoms. The van der Waals surface area contributed by atoms with Gasteiger partial charge in [-0.15, -0.1) is 6.58 Å². The van der Waals surface area contributed by atoms with E-state index in [4.69, 9.17) is 14.2 Å². The highest BCUT2D eigenvalue weighted by atomic mass is 19.2. The number of rotatable bonds is 12. The largest absolute Gasteiger partial charge is 0.498 e. The molecule has 1 aromatic rings. The third-order valence-corrected chi connectivity index (χ3v) is 4.57. The highest BCUT2D eigenvalue weighted by Gasteiger charge is 2.18. The molecule has 0 aliphatic heterocycles. The number of allylic oxidation sites excluding steroid dienone is 4. The van der Waals surface area contributed by atoms with E-state index in [2.05, 4.69) is 6.58 Å². The third-order valence-electron chi connectivity index (χ3n) is 4.57. The van der Waals surface area contributed by atoms with E-state index in [-0.39, 0.29) is 30.0 Å². The lowest BCUT2D eigenvalue weighted by atomic mass is 10.0. The summed E-state index contributed by atoms with van der Waals surface area (Å²) in [4.78, 5) is 0. The van der Waals surface area contributed by atoms with Crippen molar-refractivity contribution in [3.63, 3.8) is 0 Å². The van der Waals surface area contributed by atoms with Crippen LogP contribution in [-0.4, -0.2) is 26.4 Å². The van der Waals surface area contributed by atoms with E-state index in [9.17, 15) is 8.78 Å². The molecule has 0 saturated heterocycles. The summed E-state index contributed by atoms with van der Waals surface area (Å²) in [6.07, 6.45) is 3.63. The molecule has 0 fully saturated rings. The number of ether oxygens (including phenoxy) is 3. The molecule has 2 atom stereocenters. The minimum atomic E-state index is -0.972. The molecule has 0 aliphatic carbocycles. The van der Waals surface area contributed by atoms with Gasteiger partial charge in [-0.3, -0.25) is 0 Å². The minimum absolute atomic E-state index is 0.0813. The Morgan fingerprint density at radius 1 is 1.03 bits per heavy atom. The highest BCUT2D eigenvalue weighted by molar-refractivity contribution is 5.28. The number of methoxy groups -OCH3 is 1. The fraction of sp³-hybridized carbons (Fsp3) is 0.520. The van der Waals surface area contributed by atoms with Crippen LogP contribution < -0.4 is 4.74 Å². The monoisotopic (exact) mass is 424 g/mol. The maximum absolute atomic E-state index is 14.2. The maximum Gasteiger partial charge on any atom is 0.195 e. The topological polar surface area (TPSA) is 27.7 Å². The van der Waals surface area contributed by atoms with Gasteiger partial charge in [-0.2, -0.15) is 0 Å². The molecule has 0 spiro atoms. The van der Waals surface area contributed by atoms with Crippen LogP contribution >= 0.6 is 0 Å². The Balaban J connectivity index is 0.00000407. The molecule has 2 unspecified atom stereocenters. The molecular formula is C25H38F2O3. The molecule has 3 nitrogen and oxygen atoms in total. The van der Waals surface area contributed by atoms with Crippen LogP contribution in [0.3, 0.4) is 0 Å². The van der Waals surface area contributed by atoms with E-state index >= 15 is 0 Å². The smallest absolute Gasteiger partial charge is 0.195 e. The van der Waals surface area contributed by atoms with Gasteiger partial charge in [0.05, 0.1) is 19.8 Å². The lowest BCUT2D eigenvalue weighted by molar-refractivity contribution is 0.0203. The predicted molar refractivity (Wildman–Crippen MR) is 121 cm³/mol. The number of aryl methyl sites for hydroxylation is 1. The lowest BCUT2D eigenvalue weighted by Gasteiger charge is -2.19. The lowest BCUT2D eigenvalue weighted by Crippen LogP contribution is -2.21. The normalized spacial score (nSPS) is 14.4. The van der Waals surface area contributed by atoms with E-state index in [0.29, 0.717) is 6.61 Å². The molecule has 0 aliphatic rings. The van der Waals surface area contributed by atoms with Gasteiger partial charge in [0.2, 0.25) is 0 Å². The average molecular weight is 425 g/mol. The zero-order valence-electron chi connectivity index (χ0n) is 19.6. The van der Waals surface area contributed by atoms with Crippen molar-refractivity contribution in [3.8, 4) is 5.75 Å². The fourth-order valence-corrected chi connectivity index (χ4v) is 2.35. The van der Waals surface area contributed by atoms with Crippen molar-refractivity contribution in [2.45, 2.75) is 60.5 Å². The van der Waals surface area contributed by atoms with Gasteiger partial charge in [-0.1, -0.05) is 39.0 Å². The third kappa shape index (κ3) is 10.1. The van der Waals surface area contributed by atoms with Crippen LogP contribution in [-0.2, 0) is 15.9 Å². The van der Waals surface area contributed by atoms with Gasteiger partial charge in [0.25, 0.3) is 0 Å². The maximum atomic E-state index is 14.2. The van der Waals surface area contributed by atoms with Crippen molar-refractivity contribution < 1.29 is 23.0 Å². The van der Waals surface area contributed by atoms with Gasteiger partial charge >= 0.3 is 0 Å². The Labute approximate surface area is 181 Å². The number of hydrogen-bond donors (Lipinski definition) is 0. The molecular weight excluding hydrogens is 386 g/mol. The summed E-state index contributed by atoms with van der Waals surface area (Å²) in [6, 6.07) is 7.94. The second-order valence-corrected chi connectivity index (χ2v) is 6.90. The fourth-order valence-electron chi connectivity index (χ4n) is 2.35. The molecule has 170 valence electrons. The van der Waals surface area contributed by atoms with E-state index in [0.717, 1.165) is 18.6 Å². The minimum Gasteiger partial charge on any atom is -0.498 e. The van der Waals surface area contributed by atoms with Crippen LogP contribution in [0.15, 0.2) is 59.9 Å². The summed E-state index contributed by atoms with van der Waals surface area (Å²) in [5.41, 5.74) is 1.52. The predicted octanol–water partition coefficient (Wildman–Crippen LogP) is 7.34. The quantitative estimate of drug-likeness (QED) is 0.199. The van der Waals surface area contributed by atoms with E-state index in [1.807, 2.05) is 51.1 Å². The number of benzene rings is 1. The van der Waals surface area contributed by atoms with Crippen LogP contribution in [0.5, 0.6) is 5.75 Å². The molecule has 1 aromatic carbocycles. The molecule has 30 heavy (non-hydrogen) atoms. The van der Waals surface area contributed by atoms with Crippen LogP contribution in [0.25, 0.3) is 0 Å². The van der Waals surface area contributed by atoms with Gasteiger partial charge < -0.3 is 14.2 Å². The van der Waals surface area contributed by atoms with E-state index in [1.165, 1.54) is 19.6 Å². The first kappa shape index (κ1) is 27.9. The SMILES string of the molecule is C=CCCc1ccc(OCC(C)OCC(C)/C(C)=C(F)/C(F)=C(\C)OC)cc1.CC. The second kappa shape index (κ2) is 15.7. The van der Waals surface area contributed by atoms with Crippen molar-refractivity contribution in [3.05, 3.63) is 65.5 Å². The Morgan fingerprint density at radius 2 is 1.63 bits per heavy atom. The van der Waals surface area contributed by atoms with Crippen molar-refractivity contribution >= 4 is 0 Å². The zero-order chi connectivity index (χ0) is 23.1. The molecule has 0 amide bonds. The molecule has 5 heteroatoms. The standard InChI is InChI=1S/C23H32F2O3.C2H6/c1-7-8-9-20-10-12-21(13-11-20)28-15-17(3)27-14-16(2)18(4)22(24)23(25)19(5)26-6;1-2/h7,10-13,16-17H,1,8-9,14-15H2,2-6H3;1-2H3/b22-18-,23-19-;. The zero-order valence-corrected chi connectivity index (χ0v) is 19.6. The summed E-state index contributed by atoms with van der Waals surface area (Å²) in [7, 11) is 1.31. The van der Waals surface area contributed by atoms with Crippen molar-refractivity contribution in [1.29, 1.82) is 0 Å². The molecule has 1 rings (SSSR count). The Bertz CT molecular complexity index is 678. The molecule has 0 N–H and O–H groups in total. The summed E-state index contributed by atoms with van der Waals surface area (Å²) in [5, 5.41) is 0. The summed E-state index contributed by atoms with van der Waals surface area (Å²) < 4.78 is 44.2. The Kier molecular flexibility index (Phi) is 14.5. The van der Waals surface area contributed by atoms with Gasteiger partial charge in [-0.05, 0) is 56.9 Å². The molecule has 0 aromatic heterocycles. The van der Waals surface area contributed by atoms with Gasteiger partial charge in [0.15, 0.2) is 11.7 Å². The number of halogens is 2. The first-order valence-electron chi connectivity index (χ1n) is 10.5. The van der Waals surface area contributed by atoms with Crippen LogP contribution in [0.2, 0.25) is 0 Å². The first-order chi connectivity index (χ1) is 14.3. The van der Waals surface area contributed by atoms with Gasteiger partial charge in [0, 0.05) is 5.92 Å². The van der Waals surface area contributed by atoms with Crippen LogP contribution in [0.4, 0.5) is 8.78 Å². The van der Waals surface area contributed by atoms with Crippen molar-refractivity contribution in [2.75, 3.05) is 20.3 Å². The number of hydrogen-bond acceptors (Lipinski definition) is 3.